The van der Waals surface area contributed by atoms with E-state index in [-0.39, 0.29) is 27.9 Å². The van der Waals surface area contributed by atoms with Crippen LogP contribution >= 0.6 is 0 Å². The lowest BCUT2D eigenvalue weighted by molar-refractivity contribution is 0.0693. The van der Waals surface area contributed by atoms with Crippen LogP contribution in [0.3, 0.4) is 0 Å². The van der Waals surface area contributed by atoms with Crippen molar-refractivity contribution in [2.75, 3.05) is 4.72 Å². The molecule has 0 spiro atoms. The molecule has 1 fully saturated rings. The molecule has 0 atom stereocenters. The third-order valence-electron chi connectivity index (χ3n) is 5.12. The van der Waals surface area contributed by atoms with E-state index >= 15 is 0 Å². The molecule has 1 aromatic heterocycles. The molecular formula is C20H19N3O8S. The second kappa shape index (κ2) is 7.34. The average molecular weight is 461 g/mol. The topological polar surface area (TPSA) is 171 Å². The lowest BCUT2D eigenvalue weighted by atomic mass is 10.1. The number of aryl methyl sites for hydroxylation is 1. The fourth-order valence-corrected chi connectivity index (χ4v) is 4.75. The normalized spacial score (nSPS) is 13.8. The van der Waals surface area contributed by atoms with Crippen LogP contribution < -0.4 is 10.4 Å². The molecule has 5 N–H and O–H groups in total. The summed E-state index contributed by atoms with van der Waals surface area (Å²) in [5, 5.41) is 39.3. The number of anilines is 1. The van der Waals surface area contributed by atoms with Crippen LogP contribution in [-0.2, 0) is 10.0 Å². The van der Waals surface area contributed by atoms with Crippen molar-refractivity contribution < 1.29 is 33.6 Å². The van der Waals surface area contributed by atoms with Crippen LogP contribution in [0.25, 0.3) is 5.69 Å². The summed E-state index contributed by atoms with van der Waals surface area (Å²) in [6.07, 6.45) is 1.39. The molecule has 1 heterocycles. The molecule has 0 unspecified atom stereocenters. The van der Waals surface area contributed by atoms with Crippen LogP contribution in [0.1, 0.15) is 34.8 Å². The van der Waals surface area contributed by atoms with E-state index in [2.05, 4.69) is 4.72 Å². The van der Waals surface area contributed by atoms with Crippen LogP contribution in [0, 0.1) is 6.92 Å². The standard InChI is InChI=1S/C20H19N3O8S/c1-10-7-15(24)14(19(27)28)9-16(10)32(30,31)21-11-3-2-4-13(8-11)23-18(26)17(25)22(20(23)29)12-5-6-12/h2-4,7-9,12,21,24-26H,5-6H2,1H3,(H,27,28). The van der Waals surface area contributed by atoms with Crippen molar-refractivity contribution in [3.8, 4) is 23.2 Å². The molecule has 0 radical (unpaired) electrons. The van der Waals surface area contributed by atoms with Crippen molar-refractivity contribution in [2.45, 2.75) is 30.7 Å². The van der Waals surface area contributed by atoms with Gasteiger partial charge in [0.15, 0.2) is 0 Å². The Kier molecular flexibility index (Phi) is 4.89. The number of carbonyl (C=O) groups is 1. The zero-order chi connectivity index (χ0) is 23.4. The van der Waals surface area contributed by atoms with Crippen molar-refractivity contribution in [2.24, 2.45) is 0 Å². The van der Waals surface area contributed by atoms with Gasteiger partial charge >= 0.3 is 11.7 Å². The van der Waals surface area contributed by atoms with Crippen LogP contribution in [0.15, 0.2) is 46.1 Å². The van der Waals surface area contributed by atoms with Gasteiger partial charge in [-0.2, -0.15) is 0 Å². The first-order valence-corrected chi connectivity index (χ1v) is 10.9. The number of aromatic hydroxyl groups is 3. The van der Waals surface area contributed by atoms with Gasteiger partial charge < -0.3 is 20.4 Å². The van der Waals surface area contributed by atoms with E-state index < -0.39 is 44.8 Å². The Morgan fingerprint density at radius 3 is 2.41 bits per heavy atom. The monoisotopic (exact) mass is 461 g/mol. The number of nitrogens with zero attached hydrogens (tertiary/aromatic N) is 2. The summed E-state index contributed by atoms with van der Waals surface area (Å²) in [5.74, 6) is -3.28. The fraction of sp³-hybridized carbons (Fsp3) is 0.200. The summed E-state index contributed by atoms with van der Waals surface area (Å²) < 4.78 is 30.0. The number of nitrogens with one attached hydrogen (secondary N) is 1. The predicted molar refractivity (Wildman–Crippen MR) is 112 cm³/mol. The molecule has 4 rings (SSSR count). The Bertz CT molecular complexity index is 1420. The highest BCUT2D eigenvalue weighted by Crippen LogP contribution is 2.40. The molecule has 0 amide bonds. The number of imidazole rings is 1. The Labute approximate surface area is 181 Å². The molecule has 168 valence electrons. The molecule has 0 saturated heterocycles. The SMILES string of the molecule is Cc1cc(O)c(C(=O)O)cc1S(=O)(=O)Nc1cccc(-n2c(O)c(O)n(C3CC3)c2=O)c1. The Morgan fingerprint density at radius 1 is 1.09 bits per heavy atom. The maximum Gasteiger partial charge on any atom is 0.339 e. The first-order chi connectivity index (χ1) is 15.0. The van der Waals surface area contributed by atoms with Gasteiger partial charge in [-0.1, -0.05) is 6.07 Å². The minimum Gasteiger partial charge on any atom is -0.507 e. The molecule has 1 aliphatic carbocycles. The maximum atomic E-state index is 12.9. The van der Waals surface area contributed by atoms with E-state index in [0.717, 1.165) is 21.3 Å². The van der Waals surface area contributed by atoms with Gasteiger partial charge in [0, 0.05) is 6.04 Å². The van der Waals surface area contributed by atoms with E-state index in [0.29, 0.717) is 12.8 Å². The highest BCUT2D eigenvalue weighted by atomic mass is 32.2. The molecule has 1 aliphatic rings. The largest absolute Gasteiger partial charge is 0.507 e. The average Bonchev–Trinajstić information content (AvgIpc) is 3.49. The second-order valence-corrected chi connectivity index (χ2v) is 9.11. The lowest BCUT2D eigenvalue weighted by Crippen LogP contribution is -2.22. The van der Waals surface area contributed by atoms with Crippen molar-refractivity contribution >= 4 is 21.7 Å². The molecule has 32 heavy (non-hydrogen) atoms. The number of hydrogen-bond donors (Lipinski definition) is 5. The smallest absolute Gasteiger partial charge is 0.339 e. The van der Waals surface area contributed by atoms with E-state index in [4.69, 9.17) is 5.11 Å². The number of aromatic carboxylic acids is 1. The number of sulfonamides is 1. The maximum absolute atomic E-state index is 12.9. The summed E-state index contributed by atoms with van der Waals surface area (Å²) >= 11 is 0. The van der Waals surface area contributed by atoms with Gasteiger partial charge in [-0.3, -0.25) is 9.29 Å². The van der Waals surface area contributed by atoms with Gasteiger partial charge in [0.1, 0.15) is 11.3 Å². The van der Waals surface area contributed by atoms with Gasteiger partial charge in [-0.25, -0.2) is 22.6 Å². The Balaban J connectivity index is 1.73. The Morgan fingerprint density at radius 2 is 1.78 bits per heavy atom. The van der Waals surface area contributed by atoms with Crippen LogP contribution in [0.4, 0.5) is 5.69 Å². The zero-order valence-electron chi connectivity index (χ0n) is 16.7. The van der Waals surface area contributed by atoms with E-state index in [1.807, 2.05) is 0 Å². The predicted octanol–water partition coefficient (Wildman–Crippen LogP) is 1.90. The van der Waals surface area contributed by atoms with Gasteiger partial charge in [0.05, 0.1) is 16.3 Å². The molecule has 3 aromatic rings. The van der Waals surface area contributed by atoms with Crippen molar-refractivity contribution in [3.05, 3.63) is 58.0 Å². The zero-order valence-corrected chi connectivity index (χ0v) is 17.5. The quantitative estimate of drug-likeness (QED) is 0.370. The molecule has 2 aromatic carbocycles. The van der Waals surface area contributed by atoms with E-state index in [9.17, 15) is 33.3 Å². The summed E-state index contributed by atoms with van der Waals surface area (Å²) in [4.78, 5) is 23.6. The van der Waals surface area contributed by atoms with Gasteiger partial charge in [-0.05, 0) is 55.7 Å². The number of rotatable bonds is 6. The first kappa shape index (κ1) is 21.3. The molecule has 0 bridgehead atoms. The van der Waals surface area contributed by atoms with E-state index in [1.54, 1.807) is 0 Å². The van der Waals surface area contributed by atoms with Gasteiger partial charge in [0.25, 0.3) is 21.8 Å². The number of benzene rings is 2. The number of aromatic nitrogens is 2. The molecular weight excluding hydrogens is 442 g/mol. The van der Waals surface area contributed by atoms with E-state index in [1.165, 1.54) is 31.2 Å². The van der Waals surface area contributed by atoms with Crippen molar-refractivity contribution in [1.29, 1.82) is 0 Å². The lowest BCUT2D eigenvalue weighted by Gasteiger charge is -2.13. The number of phenols is 1. The van der Waals surface area contributed by atoms with Crippen LogP contribution in [0.2, 0.25) is 0 Å². The minimum absolute atomic E-state index is 0.0248. The third kappa shape index (κ3) is 3.54. The molecule has 11 nitrogen and oxygen atoms in total. The van der Waals surface area contributed by atoms with Gasteiger partial charge in [-0.15, -0.1) is 0 Å². The molecule has 12 heteroatoms. The summed E-state index contributed by atoms with van der Waals surface area (Å²) in [6, 6.07) is 7.26. The summed E-state index contributed by atoms with van der Waals surface area (Å²) in [5.41, 5.74) is -0.981. The minimum atomic E-state index is -4.27. The molecule has 1 saturated carbocycles. The second-order valence-electron chi connectivity index (χ2n) is 7.46. The highest BCUT2D eigenvalue weighted by molar-refractivity contribution is 7.92. The number of carboxylic acid groups (broad SMARTS) is 1. The molecule has 0 aliphatic heterocycles. The Hall–Kier alpha value is -3.93. The van der Waals surface area contributed by atoms with Gasteiger partial charge in [0.2, 0.25) is 0 Å². The van der Waals surface area contributed by atoms with Crippen molar-refractivity contribution in [1.82, 2.24) is 9.13 Å². The number of carboxylic acids is 1. The number of hydrogen-bond acceptors (Lipinski definition) is 7. The van der Waals surface area contributed by atoms with Crippen molar-refractivity contribution in [3.63, 3.8) is 0 Å². The highest BCUT2D eigenvalue weighted by Gasteiger charge is 2.32. The third-order valence-corrected chi connectivity index (χ3v) is 6.64. The van der Waals surface area contributed by atoms with Crippen LogP contribution in [0.5, 0.6) is 17.5 Å². The fourth-order valence-electron chi connectivity index (χ4n) is 3.44. The van der Waals surface area contributed by atoms with Crippen LogP contribution in [-0.4, -0.2) is 43.9 Å². The first-order valence-electron chi connectivity index (χ1n) is 9.46. The summed E-state index contributed by atoms with van der Waals surface area (Å²) in [7, 11) is -4.27. The summed E-state index contributed by atoms with van der Waals surface area (Å²) in [6.45, 7) is 1.40.